The molecule has 0 radical (unpaired) electrons. The molecule has 1 aliphatic rings. The smallest absolute Gasteiger partial charge is 0.248 e. The molecule has 3 heterocycles. The number of rotatable bonds is 6. The van der Waals surface area contributed by atoms with Crippen LogP contribution in [0, 0.1) is 12.8 Å². The van der Waals surface area contributed by atoms with E-state index in [0.717, 1.165) is 66.5 Å². The Morgan fingerprint density at radius 2 is 1.88 bits per heavy atom. The summed E-state index contributed by atoms with van der Waals surface area (Å²) in [6.07, 6.45) is 1.68. The molecule has 2 aromatic heterocycles. The second-order valence-corrected chi connectivity index (χ2v) is 8.75. The van der Waals surface area contributed by atoms with Gasteiger partial charge in [-0.3, -0.25) is 4.79 Å². The van der Waals surface area contributed by atoms with E-state index in [2.05, 4.69) is 18.7 Å². The fourth-order valence-electron chi connectivity index (χ4n) is 4.23. The number of carbonyl (C=O) groups excluding carboxylic acids is 1. The van der Waals surface area contributed by atoms with E-state index in [0.29, 0.717) is 12.5 Å². The number of benzene rings is 1. The Labute approximate surface area is 189 Å². The molecule has 1 amide bonds. The number of aryl methyl sites for hydroxylation is 1. The maximum Gasteiger partial charge on any atom is 0.248 e. The zero-order valence-electron chi connectivity index (χ0n) is 19.4. The van der Waals surface area contributed by atoms with E-state index in [1.807, 2.05) is 46.8 Å². The summed E-state index contributed by atoms with van der Waals surface area (Å²) < 4.78 is 6.97. The standard InChI is InChI=1S/C24H32N6O2/c1-17(2)15-20-25-23(29-12-8-11-28(13-14-29)21(31)16-32-4)22-18(3)27-30(24(22)26-20)19-9-6-5-7-10-19/h5-7,9-10,17H,8,11-16H2,1-4H3. The molecule has 0 aliphatic carbocycles. The Balaban J connectivity index is 1.76. The van der Waals surface area contributed by atoms with Gasteiger partial charge in [0.05, 0.1) is 16.8 Å². The Bertz CT molecular complexity index is 1080. The highest BCUT2D eigenvalue weighted by atomic mass is 16.5. The van der Waals surface area contributed by atoms with Crippen LogP contribution < -0.4 is 4.90 Å². The van der Waals surface area contributed by atoms with Gasteiger partial charge in [-0.15, -0.1) is 0 Å². The van der Waals surface area contributed by atoms with Gasteiger partial charge >= 0.3 is 0 Å². The predicted molar refractivity (Wildman–Crippen MR) is 125 cm³/mol. The van der Waals surface area contributed by atoms with Crippen LogP contribution in [0.25, 0.3) is 16.7 Å². The molecule has 0 atom stereocenters. The third kappa shape index (κ3) is 4.60. The van der Waals surface area contributed by atoms with Crippen LogP contribution >= 0.6 is 0 Å². The zero-order valence-corrected chi connectivity index (χ0v) is 19.4. The van der Waals surface area contributed by atoms with Gasteiger partial charge in [0.25, 0.3) is 0 Å². The number of anilines is 1. The lowest BCUT2D eigenvalue weighted by atomic mass is 10.1. The first-order valence-electron chi connectivity index (χ1n) is 11.3. The number of hydrogen-bond acceptors (Lipinski definition) is 6. The number of para-hydroxylation sites is 1. The summed E-state index contributed by atoms with van der Waals surface area (Å²) in [4.78, 5) is 26.5. The lowest BCUT2D eigenvalue weighted by Gasteiger charge is -2.24. The van der Waals surface area contributed by atoms with E-state index in [1.165, 1.54) is 0 Å². The molecule has 8 heteroatoms. The molecule has 1 aromatic carbocycles. The molecule has 8 nitrogen and oxygen atoms in total. The maximum atomic E-state index is 12.3. The van der Waals surface area contributed by atoms with Gasteiger partial charge < -0.3 is 14.5 Å². The molecular formula is C24H32N6O2. The van der Waals surface area contributed by atoms with E-state index in [1.54, 1.807) is 7.11 Å². The summed E-state index contributed by atoms with van der Waals surface area (Å²) in [5.74, 6) is 2.24. The summed E-state index contributed by atoms with van der Waals surface area (Å²) in [5, 5.41) is 5.82. The average Bonchev–Trinajstić information content (AvgIpc) is 2.95. The van der Waals surface area contributed by atoms with Crippen molar-refractivity contribution in [3.8, 4) is 5.69 Å². The van der Waals surface area contributed by atoms with Crippen LogP contribution in [0.5, 0.6) is 0 Å². The number of hydrogen-bond donors (Lipinski definition) is 0. The number of aromatic nitrogens is 4. The molecule has 0 bridgehead atoms. The molecule has 170 valence electrons. The van der Waals surface area contributed by atoms with E-state index >= 15 is 0 Å². The molecule has 1 saturated heterocycles. The molecule has 4 rings (SSSR count). The third-order valence-electron chi connectivity index (χ3n) is 5.74. The van der Waals surface area contributed by atoms with Crippen molar-refractivity contribution in [2.45, 2.75) is 33.6 Å². The number of amides is 1. The molecular weight excluding hydrogens is 404 g/mol. The minimum absolute atomic E-state index is 0.0377. The van der Waals surface area contributed by atoms with Crippen LogP contribution in [0.3, 0.4) is 0 Å². The topological polar surface area (TPSA) is 76.4 Å². The highest BCUT2D eigenvalue weighted by molar-refractivity contribution is 5.91. The van der Waals surface area contributed by atoms with Crippen molar-refractivity contribution in [3.63, 3.8) is 0 Å². The number of ether oxygens (including phenoxy) is 1. The largest absolute Gasteiger partial charge is 0.375 e. The average molecular weight is 437 g/mol. The van der Waals surface area contributed by atoms with Gasteiger partial charge in [0, 0.05) is 39.7 Å². The number of methoxy groups -OCH3 is 1. The van der Waals surface area contributed by atoms with Gasteiger partial charge in [0.2, 0.25) is 5.91 Å². The van der Waals surface area contributed by atoms with Crippen molar-refractivity contribution in [3.05, 3.63) is 41.9 Å². The highest BCUT2D eigenvalue weighted by Crippen LogP contribution is 2.30. The molecule has 1 fully saturated rings. The van der Waals surface area contributed by atoms with Gasteiger partial charge in [-0.05, 0) is 31.4 Å². The van der Waals surface area contributed by atoms with Crippen molar-refractivity contribution < 1.29 is 9.53 Å². The minimum Gasteiger partial charge on any atom is -0.375 e. The molecule has 0 saturated carbocycles. The van der Waals surface area contributed by atoms with Crippen molar-refractivity contribution in [1.29, 1.82) is 0 Å². The summed E-state index contributed by atoms with van der Waals surface area (Å²) in [6.45, 7) is 9.43. The Morgan fingerprint density at radius 1 is 1.09 bits per heavy atom. The van der Waals surface area contributed by atoms with Gasteiger partial charge in [-0.1, -0.05) is 32.0 Å². The number of fused-ring (bicyclic) bond motifs is 1. The summed E-state index contributed by atoms with van der Waals surface area (Å²) in [6, 6.07) is 10.1. The normalized spacial score (nSPS) is 14.9. The SMILES string of the molecule is COCC(=O)N1CCCN(c2nc(CC(C)C)nc3c2c(C)nn3-c2ccccc2)CC1. The van der Waals surface area contributed by atoms with Crippen LogP contribution in [0.1, 0.15) is 31.8 Å². The predicted octanol–water partition coefficient (Wildman–Crippen LogP) is 3.01. The van der Waals surface area contributed by atoms with Crippen LogP contribution in [-0.4, -0.2) is 70.5 Å². The van der Waals surface area contributed by atoms with Gasteiger partial charge in [-0.25, -0.2) is 14.6 Å². The van der Waals surface area contributed by atoms with Gasteiger partial charge in [-0.2, -0.15) is 5.10 Å². The van der Waals surface area contributed by atoms with Crippen LogP contribution in [-0.2, 0) is 16.0 Å². The minimum atomic E-state index is 0.0377. The fourth-order valence-corrected chi connectivity index (χ4v) is 4.23. The van der Waals surface area contributed by atoms with Gasteiger partial charge in [0.1, 0.15) is 18.2 Å². The molecule has 1 aliphatic heterocycles. The molecule has 0 spiro atoms. The van der Waals surface area contributed by atoms with E-state index in [-0.39, 0.29) is 12.5 Å². The van der Waals surface area contributed by atoms with Crippen molar-refractivity contribution in [2.24, 2.45) is 5.92 Å². The van der Waals surface area contributed by atoms with Crippen molar-refractivity contribution in [2.75, 3.05) is 44.8 Å². The number of carbonyl (C=O) groups is 1. The van der Waals surface area contributed by atoms with Crippen molar-refractivity contribution >= 4 is 22.8 Å². The summed E-state index contributed by atoms with van der Waals surface area (Å²) in [7, 11) is 1.56. The van der Waals surface area contributed by atoms with Crippen molar-refractivity contribution in [1.82, 2.24) is 24.6 Å². The first-order valence-corrected chi connectivity index (χ1v) is 11.3. The fraction of sp³-hybridized carbons (Fsp3) is 0.500. The zero-order chi connectivity index (χ0) is 22.7. The Kier molecular flexibility index (Phi) is 6.69. The van der Waals surface area contributed by atoms with Gasteiger partial charge in [0.15, 0.2) is 5.65 Å². The summed E-state index contributed by atoms with van der Waals surface area (Å²) in [5.41, 5.74) is 2.73. The second kappa shape index (κ2) is 9.65. The molecule has 3 aromatic rings. The molecule has 0 unspecified atom stereocenters. The molecule has 0 N–H and O–H groups in total. The highest BCUT2D eigenvalue weighted by Gasteiger charge is 2.25. The lowest BCUT2D eigenvalue weighted by Crippen LogP contribution is -2.37. The van der Waals surface area contributed by atoms with E-state index in [4.69, 9.17) is 19.8 Å². The second-order valence-electron chi connectivity index (χ2n) is 8.75. The van der Waals surface area contributed by atoms with Crippen LogP contribution in [0.2, 0.25) is 0 Å². The third-order valence-corrected chi connectivity index (χ3v) is 5.74. The van der Waals surface area contributed by atoms with E-state index < -0.39 is 0 Å². The maximum absolute atomic E-state index is 12.3. The number of nitrogens with zero attached hydrogens (tertiary/aromatic N) is 6. The lowest BCUT2D eigenvalue weighted by molar-refractivity contribution is -0.134. The monoisotopic (exact) mass is 436 g/mol. The summed E-state index contributed by atoms with van der Waals surface area (Å²) >= 11 is 0. The first-order chi connectivity index (χ1) is 15.5. The van der Waals surface area contributed by atoms with E-state index in [9.17, 15) is 4.79 Å². The first kappa shape index (κ1) is 22.2. The Morgan fingerprint density at radius 3 is 2.59 bits per heavy atom. The Hall–Kier alpha value is -3.00. The van der Waals surface area contributed by atoms with Crippen LogP contribution in [0.15, 0.2) is 30.3 Å². The van der Waals surface area contributed by atoms with Crippen LogP contribution in [0.4, 0.5) is 5.82 Å². The molecule has 32 heavy (non-hydrogen) atoms. The quantitative estimate of drug-likeness (QED) is 0.591.